The number of rotatable bonds is 6. The van der Waals surface area contributed by atoms with Crippen molar-refractivity contribution in [2.45, 2.75) is 16.3 Å². The number of carbonyl (C=O) groups excluding carboxylic acids is 1. The standard InChI is InChI=1S/C23H16F3N3OS2/c24-23(25,26)19-12-6-15(7-13-19)14-31-22-29-28-21(32-22)27-20(30)18-10-8-17(9-11-18)16-4-2-1-3-5-16/h1-13H,14H2,(H,27,28,30). The van der Waals surface area contributed by atoms with Gasteiger partial charge in [0.1, 0.15) is 0 Å². The van der Waals surface area contributed by atoms with E-state index in [1.165, 1.54) is 35.2 Å². The molecule has 0 aliphatic rings. The van der Waals surface area contributed by atoms with Crippen LogP contribution >= 0.6 is 23.1 Å². The molecular formula is C23H16F3N3OS2. The summed E-state index contributed by atoms with van der Waals surface area (Å²) in [4.78, 5) is 12.5. The van der Waals surface area contributed by atoms with E-state index in [1.54, 1.807) is 12.1 Å². The molecule has 1 N–H and O–H groups in total. The van der Waals surface area contributed by atoms with Crippen LogP contribution in [0.25, 0.3) is 11.1 Å². The molecule has 0 saturated carbocycles. The largest absolute Gasteiger partial charge is 0.416 e. The van der Waals surface area contributed by atoms with Crippen molar-refractivity contribution in [1.82, 2.24) is 10.2 Å². The maximum atomic E-state index is 12.6. The molecule has 0 aliphatic heterocycles. The lowest BCUT2D eigenvalue weighted by Crippen LogP contribution is -2.11. The van der Waals surface area contributed by atoms with Gasteiger partial charge in [0.25, 0.3) is 5.91 Å². The molecule has 0 unspecified atom stereocenters. The Hall–Kier alpha value is -3.17. The highest BCUT2D eigenvalue weighted by molar-refractivity contribution is 8.00. The van der Waals surface area contributed by atoms with E-state index >= 15 is 0 Å². The number of thioether (sulfide) groups is 1. The Balaban J connectivity index is 1.33. The van der Waals surface area contributed by atoms with Gasteiger partial charge in [-0.15, -0.1) is 10.2 Å². The number of amides is 1. The molecule has 1 heterocycles. The summed E-state index contributed by atoms with van der Waals surface area (Å²) in [6.07, 6.45) is -4.35. The van der Waals surface area contributed by atoms with Crippen LogP contribution in [0.5, 0.6) is 0 Å². The van der Waals surface area contributed by atoms with Crippen LogP contribution in [-0.4, -0.2) is 16.1 Å². The van der Waals surface area contributed by atoms with Gasteiger partial charge < -0.3 is 0 Å². The minimum absolute atomic E-state index is 0.292. The number of alkyl halides is 3. The highest BCUT2D eigenvalue weighted by atomic mass is 32.2. The van der Waals surface area contributed by atoms with Crippen molar-refractivity contribution in [1.29, 1.82) is 0 Å². The van der Waals surface area contributed by atoms with Crippen LogP contribution in [0.2, 0.25) is 0 Å². The van der Waals surface area contributed by atoms with E-state index in [2.05, 4.69) is 15.5 Å². The summed E-state index contributed by atoms with van der Waals surface area (Å²) in [5, 5.41) is 11.1. The van der Waals surface area contributed by atoms with Crippen molar-refractivity contribution >= 4 is 34.1 Å². The molecule has 0 fully saturated rings. The van der Waals surface area contributed by atoms with Crippen LogP contribution in [0.15, 0.2) is 83.2 Å². The first kappa shape index (κ1) is 22.0. The normalized spacial score (nSPS) is 11.3. The third-order valence-electron chi connectivity index (χ3n) is 4.52. The third-order valence-corrected chi connectivity index (χ3v) is 6.57. The van der Waals surface area contributed by atoms with Crippen LogP contribution in [-0.2, 0) is 11.9 Å². The number of anilines is 1. The lowest BCUT2D eigenvalue weighted by atomic mass is 10.0. The molecule has 0 atom stereocenters. The Morgan fingerprint density at radius 1 is 0.875 bits per heavy atom. The lowest BCUT2D eigenvalue weighted by molar-refractivity contribution is -0.137. The van der Waals surface area contributed by atoms with Gasteiger partial charge in [-0.25, -0.2) is 0 Å². The van der Waals surface area contributed by atoms with Crippen LogP contribution in [0, 0.1) is 0 Å². The molecule has 0 bridgehead atoms. The molecule has 1 aromatic heterocycles. The Morgan fingerprint density at radius 2 is 1.53 bits per heavy atom. The van der Waals surface area contributed by atoms with Gasteiger partial charge in [0, 0.05) is 11.3 Å². The number of nitrogens with zero attached hydrogens (tertiary/aromatic N) is 2. The van der Waals surface area contributed by atoms with Gasteiger partial charge >= 0.3 is 6.18 Å². The van der Waals surface area contributed by atoms with Crippen molar-refractivity contribution in [2.75, 3.05) is 5.32 Å². The Labute approximate surface area is 190 Å². The predicted molar refractivity (Wildman–Crippen MR) is 121 cm³/mol. The Morgan fingerprint density at radius 3 is 2.19 bits per heavy atom. The number of hydrogen-bond donors (Lipinski definition) is 1. The second-order valence-corrected chi connectivity index (χ2v) is 8.95. The third kappa shape index (κ3) is 5.54. The fourth-order valence-corrected chi connectivity index (χ4v) is 4.57. The second kappa shape index (κ2) is 9.54. The predicted octanol–water partition coefficient (Wildman–Crippen LogP) is 6.77. The van der Waals surface area contributed by atoms with Gasteiger partial charge in [-0.1, -0.05) is 77.7 Å². The molecule has 0 saturated heterocycles. The van der Waals surface area contributed by atoms with Crippen LogP contribution < -0.4 is 5.32 Å². The average Bonchev–Trinajstić information content (AvgIpc) is 3.25. The molecule has 0 spiro atoms. The molecule has 32 heavy (non-hydrogen) atoms. The minimum Gasteiger partial charge on any atom is -0.296 e. The monoisotopic (exact) mass is 471 g/mol. The van der Waals surface area contributed by atoms with Gasteiger partial charge in [-0.2, -0.15) is 13.2 Å². The molecule has 1 amide bonds. The second-order valence-electron chi connectivity index (χ2n) is 6.75. The maximum Gasteiger partial charge on any atom is 0.416 e. The van der Waals surface area contributed by atoms with E-state index in [-0.39, 0.29) is 5.91 Å². The summed E-state index contributed by atoms with van der Waals surface area (Å²) in [5.41, 5.74) is 2.64. The van der Waals surface area contributed by atoms with E-state index in [0.717, 1.165) is 28.8 Å². The summed E-state index contributed by atoms with van der Waals surface area (Å²) >= 11 is 2.55. The van der Waals surface area contributed by atoms with Crippen molar-refractivity contribution in [3.63, 3.8) is 0 Å². The van der Waals surface area contributed by atoms with Crippen LogP contribution in [0.4, 0.5) is 18.3 Å². The Kier molecular flexibility index (Phi) is 6.57. The van der Waals surface area contributed by atoms with Gasteiger partial charge in [0.15, 0.2) is 4.34 Å². The van der Waals surface area contributed by atoms with Gasteiger partial charge in [0.2, 0.25) is 5.13 Å². The number of nitrogens with one attached hydrogen (secondary N) is 1. The smallest absolute Gasteiger partial charge is 0.296 e. The van der Waals surface area contributed by atoms with Gasteiger partial charge in [0.05, 0.1) is 5.56 Å². The van der Waals surface area contributed by atoms with Crippen molar-refractivity contribution in [2.24, 2.45) is 0 Å². The molecule has 4 aromatic rings. The summed E-state index contributed by atoms with van der Waals surface area (Å²) in [7, 11) is 0. The van der Waals surface area contributed by atoms with Crippen LogP contribution in [0.1, 0.15) is 21.5 Å². The number of aromatic nitrogens is 2. The van der Waals surface area contributed by atoms with Gasteiger partial charge in [-0.3, -0.25) is 10.1 Å². The molecule has 3 aromatic carbocycles. The SMILES string of the molecule is O=C(Nc1nnc(SCc2ccc(C(F)(F)F)cc2)s1)c1ccc(-c2ccccc2)cc1. The summed E-state index contributed by atoms with van der Waals surface area (Å²) < 4.78 is 38.5. The zero-order chi connectivity index (χ0) is 22.6. The first-order chi connectivity index (χ1) is 15.4. The summed E-state index contributed by atoms with van der Waals surface area (Å²) in [6.45, 7) is 0. The lowest BCUT2D eigenvalue weighted by Gasteiger charge is -2.06. The molecule has 0 radical (unpaired) electrons. The van der Waals surface area contributed by atoms with Crippen molar-refractivity contribution in [3.8, 4) is 11.1 Å². The molecule has 4 nitrogen and oxygen atoms in total. The van der Waals surface area contributed by atoms with Crippen molar-refractivity contribution < 1.29 is 18.0 Å². The fraction of sp³-hybridized carbons (Fsp3) is 0.0870. The Bertz CT molecular complexity index is 1190. The number of halogens is 3. The summed E-state index contributed by atoms with van der Waals surface area (Å²) in [6, 6.07) is 22.1. The summed E-state index contributed by atoms with van der Waals surface area (Å²) in [5.74, 6) is 0.154. The fourth-order valence-electron chi connectivity index (χ4n) is 2.87. The van der Waals surface area contributed by atoms with Crippen LogP contribution in [0.3, 0.4) is 0 Å². The molecule has 4 rings (SSSR count). The number of benzene rings is 3. The molecular weight excluding hydrogens is 455 g/mol. The molecule has 0 aliphatic carbocycles. The zero-order valence-corrected chi connectivity index (χ0v) is 18.1. The number of hydrogen-bond acceptors (Lipinski definition) is 5. The maximum absolute atomic E-state index is 12.6. The van der Waals surface area contributed by atoms with Gasteiger partial charge in [-0.05, 0) is 41.0 Å². The average molecular weight is 472 g/mol. The first-order valence-corrected chi connectivity index (χ1v) is 11.3. The molecule has 9 heteroatoms. The van der Waals surface area contributed by atoms with Crippen molar-refractivity contribution in [3.05, 3.63) is 95.6 Å². The molecule has 162 valence electrons. The highest BCUT2D eigenvalue weighted by Gasteiger charge is 2.29. The minimum atomic E-state index is -4.35. The van der Waals surface area contributed by atoms with E-state index < -0.39 is 11.7 Å². The number of carbonyl (C=O) groups is 1. The first-order valence-electron chi connectivity index (χ1n) is 9.48. The van der Waals surface area contributed by atoms with E-state index in [1.807, 2.05) is 42.5 Å². The highest BCUT2D eigenvalue weighted by Crippen LogP contribution is 2.32. The quantitative estimate of drug-likeness (QED) is 0.249. The van der Waals surface area contributed by atoms with E-state index in [4.69, 9.17) is 0 Å². The van der Waals surface area contributed by atoms with E-state index in [9.17, 15) is 18.0 Å². The zero-order valence-electron chi connectivity index (χ0n) is 16.5. The van der Waals surface area contributed by atoms with E-state index in [0.29, 0.717) is 20.8 Å². The topological polar surface area (TPSA) is 54.9 Å².